The van der Waals surface area contributed by atoms with Gasteiger partial charge in [0.2, 0.25) is 5.91 Å². The molecule has 15 heavy (non-hydrogen) atoms. The van der Waals surface area contributed by atoms with E-state index in [0.717, 1.165) is 10.0 Å². The minimum Gasteiger partial charge on any atom is -0.338 e. The van der Waals surface area contributed by atoms with Gasteiger partial charge < -0.3 is 10.6 Å². The highest BCUT2D eigenvalue weighted by Gasteiger charge is 2.09. The Labute approximate surface area is 98.4 Å². The number of halogens is 1. The van der Waals surface area contributed by atoms with Gasteiger partial charge in [-0.3, -0.25) is 4.79 Å². The Morgan fingerprint density at radius 3 is 2.47 bits per heavy atom. The van der Waals surface area contributed by atoms with Crippen LogP contribution >= 0.6 is 15.9 Å². The van der Waals surface area contributed by atoms with Crippen LogP contribution in [0.2, 0.25) is 0 Å². The molecule has 1 amide bonds. The Morgan fingerprint density at radius 2 is 2.00 bits per heavy atom. The van der Waals surface area contributed by atoms with Crippen LogP contribution in [0, 0.1) is 0 Å². The van der Waals surface area contributed by atoms with Gasteiger partial charge in [0.1, 0.15) is 0 Å². The van der Waals surface area contributed by atoms with E-state index in [1.54, 1.807) is 4.90 Å². The zero-order valence-electron chi connectivity index (χ0n) is 8.74. The first-order valence-electron chi connectivity index (χ1n) is 4.89. The van der Waals surface area contributed by atoms with Crippen LogP contribution in [0.1, 0.15) is 12.5 Å². The Hall–Kier alpha value is -0.870. The topological polar surface area (TPSA) is 46.3 Å². The van der Waals surface area contributed by atoms with E-state index in [1.165, 1.54) is 0 Å². The van der Waals surface area contributed by atoms with Crippen LogP contribution in [0.25, 0.3) is 0 Å². The monoisotopic (exact) mass is 270 g/mol. The molecule has 0 aliphatic heterocycles. The number of carbonyl (C=O) groups excluding carboxylic acids is 1. The Balaban J connectivity index is 2.66. The minimum atomic E-state index is -0.0135. The molecule has 1 aromatic rings. The molecule has 1 aromatic carbocycles. The van der Waals surface area contributed by atoms with Gasteiger partial charge in [0.05, 0.1) is 6.54 Å². The van der Waals surface area contributed by atoms with Gasteiger partial charge in [-0.2, -0.15) is 0 Å². The predicted molar refractivity (Wildman–Crippen MR) is 64.3 cm³/mol. The van der Waals surface area contributed by atoms with Crippen LogP contribution in [0.5, 0.6) is 0 Å². The van der Waals surface area contributed by atoms with Crippen LogP contribution < -0.4 is 5.73 Å². The molecule has 3 nitrogen and oxygen atoms in total. The van der Waals surface area contributed by atoms with Gasteiger partial charge in [0.15, 0.2) is 0 Å². The molecular formula is C11H15BrN2O. The molecular weight excluding hydrogens is 256 g/mol. The molecule has 2 N–H and O–H groups in total. The Kier molecular flexibility index (Phi) is 4.78. The summed E-state index contributed by atoms with van der Waals surface area (Å²) in [6, 6.07) is 7.93. The van der Waals surface area contributed by atoms with Crippen LogP contribution in [-0.2, 0) is 11.3 Å². The molecule has 0 aliphatic carbocycles. The number of likely N-dealkylation sites (N-methyl/N-ethyl adjacent to an activating group) is 1. The Morgan fingerprint density at radius 1 is 1.40 bits per heavy atom. The molecule has 0 fully saturated rings. The van der Waals surface area contributed by atoms with Crippen molar-refractivity contribution < 1.29 is 4.79 Å². The average molecular weight is 271 g/mol. The van der Waals surface area contributed by atoms with Crippen molar-refractivity contribution >= 4 is 21.8 Å². The van der Waals surface area contributed by atoms with E-state index in [4.69, 9.17) is 5.73 Å². The standard InChI is InChI=1S/C11H15BrN2O/c1-2-14(11(15)7-13)8-9-3-5-10(12)6-4-9/h3-6H,2,7-8,13H2,1H3. The number of benzene rings is 1. The number of rotatable bonds is 4. The maximum Gasteiger partial charge on any atom is 0.236 e. The summed E-state index contributed by atoms with van der Waals surface area (Å²) in [5.41, 5.74) is 6.44. The van der Waals surface area contributed by atoms with E-state index >= 15 is 0 Å². The summed E-state index contributed by atoms with van der Waals surface area (Å²) < 4.78 is 1.04. The molecule has 4 heteroatoms. The van der Waals surface area contributed by atoms with Crippen molar-refractivity contribution in [1.29, 1.82) is 0 Å². The lowest BCUT2D eigenvalue weighted by Crippen LogP contribution is -2.35. The summed E-state index contributed by atoms with van der Waals surface area (Å²) in [5, 5.41) is 0. The lowest BCUT2D eigenvalue weighted by Gasteiger charge is -2.20. The van der Waals surface area contributed by atoms with Gasteiger partial charge >= 0.3 is 0 Å². The van der Waals surface area contributed by atoms with Crippen LogP contribution in [0.15, 0.2) is 28.7 Å². The highest BCUT2D eigenvalue weighted by molar-refractivity contribution is 9.10. The molecule has 0 radical (unpaired) electrons. The number of carbonyl (C=O) groups is 1. The van der Waals surface area contributed by atoms with E-state index in [-0.39, 0.29) is 12.5 Å². The second kappa shape index (κ2) is 5.88. The van der Waals surface area contributed by atoms with Gasteiger partial charge in [0.25, 0.3) is 0 Å². The molecule has 0 bridgehead atoms. The maximum atomic E-state index is 11.4. The van der Waals surface area contributed by atoms with Crippen molar-refractivity contribution in [3.05, 3.63) is 34.3 Å². The van der Waals surface area contributed by atoms with E-state index < -0.39 is 0 Å². The molecule has 0 unspecified atom stereocenters. The molecule has 0 saturated heterocycles. The number of nitrogens with zero attached hydrogens (tertiary/aromatic N) is 1. The fourth-order valence-corrected chi connectivity index (χ4v) is 1.58. The van der Waals surface area contributed by atoms with Gasteiger partial charge in [-0.15, -0.1) is 0 Å². The minimum absolute atomic E-state index is 0.0135. The Bertz CT molecular complexity index is 324. The van der Waals surface area contributed by atoms with Gasteiger partial charge in [-0.1, -0.05) is 28.1 Å². The van der Waals surface area contributed by atoms with Crippen molar-refractivity contribution in [2.75, 3.05) is 13.1 Å². The first kappa shape index (κ1) is 12.2. The highest BCUT2D eigenvalue weighted by Crippen LogP contribution is 2.12. The summed E-state index contributed by atoms with van der Waals surface area (Å²) in [4.78, 5) is 13.1. The first-order valence-corrected chi connectivity index (χ1v) is 5.69. The van der Waals surface area contributed by atoms with Gasteiger partial charge in [-0.05, 0) is 24.6 Å². The van der Waals surface area contributed by atoms with Crippen molar-refractivity contribution in [2.45, 2.75) is 13.5 Å². The van der Waals surface area contributed by atoms with Crippen LogP contribution in [-0.4, -0.2) is 23.9 Å². The maximum absolute atomic E-state index is 11.4. The van der Waals surface area contributed by atoms with E-state index in [0.29, 0.717) is 13.1 Å². The summed E-state index contributed by atoms with van der Waals surface area (Å²) in [6.45, 7) is 3.34. The molecule has 0 atom stereocenters. The second-order valence-electron chi connectivity index (χ2n) is 3.24. The first-order chi connectivity index (χ1) is 7.17. The van der Waals surface area contributed by atoms with Gasteiger partial charge in [-0.25, -0.2) is 0 Å². The average Bonchev–Trinajstić information content (AvgIpc) is 2.27. The SMILES string of the molecule is CCN(Cc1ccc(Br)cc1)C(=O)CN. The van der Waals surface area contributed by atoms with Gasteiger partial charge in [0, 0.05) is 17.6 Å². The van der Waals surface area contributed by atoms with E-state index in [2.05, 4.69) is 15.9 Å². The molecule has 0 heterocycles. The fraction of sp³-hybridized carbons (Fsp3) is 0.364. The zero-order valence-corrected chi connectivity index (χ0v) is 10.3. The third kappa shape index (κ3) is 3.64. The smallest absolute Gasteiger partial charge is 0.236 e. The number of hydrogen-bond donors (Lipinski definition) is 1. The van der Waals surface area contributed by atoms with Crippen LogP contribution in [0.3, 0.4) is 0 Å². The summed E-state index contributed by atoms with van der Waals surface area (Å²) in [7, 11) is 0. The third-order valence-corrected chi connectivity index (χ3v) is 2.72. The quantitative estimate of drug-likeness (QED) is 0.907. The van der Waals surface area contributed by atoms with Crippen molar-refractivity contribution in [1.82, 2.24) is 4.90 Å². The molecule has 82 valence electrons. The highest BCUT2D eigenvalue weighted by atomic mass is 79.9. The molecule has 0 aromatic heterocycles. The lowest BCUT2D eigenvalue weighted by molar-refractivity contribution is -0.130. The molecule has 0 spiro atoms. The molecule has 0 aliphatic rings. The summed E-state index contributed by atoms with van der Waals surface area (Å²) in [5.74, 6) is -0.0135. The normalized spacial score (nSPS) is 10.1. The largest absolute Gasteiger partial charge is 0.338 e. The third-order valence-electron chi connectivity index (χ3n) is 2.20. The number of amides is 1. The van der Waals surface area contributed by atoms with E-state index in [9.17, 15) is 4.79 Å². The lowest BCUT2D eigenvalue weighted by atomic mass is 10.2. The van der Waals surface area contributed by atoms with Crippen LogP contribution in [0.4, 0.5) is 0 Å². The van der Waals surface area contributed by atoms with Crippen molar-refractivity contribution in [2.24, 2.45) is 5.73 Å². The molecule has 0 saturated carbocycles. The number of nitrogens with two attached hydrogens (primary N) is 1. The second-order valence-corrected chi connectivity index (χ2v) is 4.15. The predicted octanol–water partition coefficient (Wildman–Crippen LogP) is 1.76. The summed E-state index contributed by atoms with van der Waals surface area (Å²) >= 11 is 3.37. The van der Waals surface area contributed by atoms with E-state index in [1.807, 2.05) is 31.2 Å². The summed E-state index contributed by atoms with van der Waals surface area (Å²) in [6.07, 6.45) is 0. The van der Waals surface area contributed by atoms with Crippen molar-refractivity contribution in [3.63, 3.8) is 0 Å². The fourth-order valence-electron chi connectivity index (χ4n) is 1.32. The molecule has 1 rings (SSSR count). The van der Waals surface area contributed by atoms with Crippen molar-refractivity contribution in [3.8, 4) is 0 Å². The zero-order chi connectivity index (χ0) is 11.3. The number of hydrogen-bond acceptors (Lipinski definition) is 2.